The van der Waals surface area contributed by atoms with Crippen molar-refractivity contribution >= 4 is 62.8 Å². The number of β-amino-alcohol motifs (C(OH)–C–C–N with tert-alkyl or cyclic N) is 1. The maximum atomic E-state index is 13.9. The number of alkyl halides is 3. The highest BCUT2D eigenvalue weighted by Crippen LogP contribution is 2.35. The number of likely N-dealkylation sites (tertiary alicyclic amines) is 1. The number of carbonyl (C=O) groups is 5. The Hall–Kier alpha value is -6.72. The molecular formula is C52H62F3N9O9S. The minimum Gasteiger partial charge on any atom is -0.391 e. The van der Waals surface area contributed by atoms with Crippen molar-refractivity contribution < 1.29 is 56.5 Å². The Labute approximate surface area is 429 Å². The van der Waals surface area contributed by atoms with Crippen LogP contribution >= 0.6 is 11.3 Å². The van der Waals surface area contributed by atoms with Gasteiger partial charge in [-0.05, 0) is 65.9 Å². The van der Waals surface area contributed by atoms with Gasteiger partial charge in [-0.15, -0.1) is 11.3 Å². The SMILES string of the molecule is Cc1ncsc1-c1ccc(CNC(=O)[C@@H]2C[C@@H](O)CN2C(=O)[C@@H](NC(=O)CCOCCC(=O)NCCOCCOCCNC(=O)c2ccc3c(c2)c2cn(C)nc2n3-c2ccc(C(F)(F)F)cc2)C(C)(C)C)cc1. The van der Waals surface area contributed by atoms with Crippen molar-refractivity contribution in [3.8, 4) is 16.1 Å². The van der Waals surface area contributed by atoms with E-state index in [2.05, 4.69) is 31.3 Å². The molecule has 7 rings (SSSR count). The molecule has 396 valence electrons. The number of carbonyl (C=O) groups excluding carboxylic acids is 5. The molecule has 0 radical (unpaired) electrons. The van der Waals surface area contributed by atoms with Crippen molar-refractivity contribution in [2.45, 2.75) is 77.9 Å². The van der Waals surface area contributed by atoms with Gasteiger partial charge in [0.25, 0.3) is 5.91 Å². The Morgan fingerprint density at radius 3 is 2.14 bits per heavy atom. The lowest BCUT2D eigenvalue weighted by atomic mass is 9.85. The molecule has 18 nitrogen and oxygen atoms in total. The largest absolute Gasteiger partial charge is 0.416 e. The number of ether oxygens (including phenoxy) is 3. The molecule has 3 aromatic heterocycles. The molecule has 5 amide bonds. The number of hydrogen-bond donors (Lipinski definition) is 5. The van der Waals surface area contributed by atoms with E-state index in [-0.39, 0.29) is 96.9 Å². The molecular weight excluding hydrogens is 984 g/mol. The number of amides is 5. The summed E-state index contributed by atoms with van der Waals surface area (Å²) in [5, 5.41) is 27.8. The van der Waals surface area contributed by atoms with Gasteiger partial charge >= 0.3 is 6.18 Å². The van der Waals surface area contributed by atoms with E-state index in [0.717, 1.165) is 44.6 Å². The summed E-state index contributed by atoms with van der Waals surface area (Å²) in [7, 11) is 1.74. The number of aliphatic hydroxyl groups excluding tert-OH is 1. The number of hydrogen-bond acceptors (Lipinski definition) is 12. The first-order chi connectivity index (χ1) is 35.3. The number of nitrogens with zero attached hydrogens (tertiary/aromatic N) is 5. The van der Waals surface area contributed by atoms with Gasteiger partial charge in [0.2, 0.25) is 23.6 Å². The Morgan fingerprint density at radius 1 is 0.824 bits per heavy atom. The molecule has 1 saturated heterocycles. The van der Waals surface area contributed by atoms with Crippen LogP contribution in [0.5, 0.6) is 0 Å². The molecule has 4 heterocycles. The van der Waals surface area contributed by atoms with Crippen LogP contribution < -0.4 is 21.3 Å². The lowest BCUT2D eigenvalue weighted by Crippen LogP contribution is -2.57. The molecule has 1 aliphatic heterocycles. The first-order valence-corrected chi connectivity index (χ1v) is 25.1. The zero-order valence-corrected chi connectivity index (χ0v) is 42.7. The van der Waals surface area contributed by atoms with E-state index >= 15 is 0 Å². The molecule has 5 N–H and O–H groups in total. The second-order valence-corrected chi connectivity index (χ2v) is 19.9. The van der Waals surface area contributed by atoms with Gasteiger partial charge in [-0.25, -0.2) is 4.98 Å². The summed E-state index contributed by atoms with van der Waals surface area (Å²) < 4.78 is 59.6. The number of thiazole rings is 1. The number of nitrogens with one attached hydrogen (secondary N) is 4. The minimum atomic E-state index is -4.46. The third-order valence-electron chi connectivity index (χ3n) is 12.4. The standard InChI is InChI=1S/C52H62F3N9O9S/c1-32-45(74-31-59-32)34-8-6-33(7-9-34)28-58-49(69)42-27-38(65)29-63(42)50(70)46(51(2,3)4)60-44(67)17-21-71-20-16-43(66)56-18-22-72-24-25-73-23-19-57-48(68)35-10-15-41-39(26-35)40-30-62(5)61-47(40)64(41)37-13-11-36(12-14-37)52(53,54)55/h6-15,26,30-31,38,42,46,65H,16-25,27-29H2,1-5H3,(H,56,66)(H,57,68)(H,58,69)(H,60,67)/t38-,42+,46-/m1/s1. The number of aromatic nitrogens is 4. The number of aliphatic hydroxyl groups is 1. The lowest BCUT2D eigenvalue weighted by molar-refractivity contribution is -0.144. The summed E-state index contributed by atoms with van der Waals surface area (Å²) in [6, 6.07) is 15.8. The number of rotatable bonds is 23. The fourth-order valence-corrected chi connectivity index (χ4v) is 9.36. The van der Waals surface area contributed by atoms with Crippen LogP contribution in [0.2, 0.25) is 0 Å². The van der Waals surface area contributed by atoms with E-state index in [0.29, 0.717) is 22.4 Å². The molecule has 1 aliphatic rings. The van der Waals surface area contributed by atoms with Crippen LogP contribution in [-0.2, 0) is 53.2 Å². The van der Waals surface area contributed by atoms with Gasteiger partial charge in [0.05, 0.1) is 72.9 Å². The molecule has 3 aromatic carbocycles. The second kappa shape index (κ2) is 24.5. The third-order valence-corrected chi connectivity index (χ3v) is 13.4. The van der Waals surface area contributed by atoms with Crippen molar-refractivity contribution in [2.75, 3.05) is 59.3 Å². The zero-order chi connectivity index (χ0) is 53.2. The molecule has 0 spiro atoms. The number of fused-ring (bicyclic) bond motifs is 3. The topological polar surface area (TPSA) is 220 Å². The molecule has 0 aliphatic carbocycles. The van der Waals surface area contributed by atoms with Gasteiger partial charge in [-0.1, -0.05) is 45.0 Å². The molecule has 6 aromatic rings. The average molecular weight is 1050 g/mol. The number of halogens is 3. The van der Waals surface area contributed by atoms with E-state index in [9.17, 15) is 42.3 Å². The Bertz CT molecular complexity index is 2910. The number of aryl methyl sites for hydroxylation is 2. The van der Waals surface area contributed by atoms with Crippen LogP contribution in [0.3, 0.4) is 0 Å². The summed E-state index contributed by atoms with van der Waals surface area (Å²) in [6.07, 6.45) is -3.52. The van der Waals surface area contributed by atoms with Crippen molar-refractivity contribution in [3.63, 3.8) is 0 Å². The van der Waals surface area contributed by atoms with E-state index < -0.39 is 53.1 Å². The first-order valence-electron chi connectivity index (χ1n) is 24.3. The van der Waals surface area contributed by atoms with Crippen molar-refractivity contribution in [1.82, 2.24) is 45.5 Å². The summed E-state index contributed by atoms with van der Waals surface area (Å²) in [5.41, 5.74) is 5.29. The monoisotopic (exact) mass is 1050 g/mol. The molecule has 3 atom stereocenters. The average Bonchev–Trinajstić information content (AvgIpc) is 4.14. The molecule has 1 fully saturated rings. The van der Waals surface area contributed by atoms with E-state index in [1.807, 2.05) is 31.2 Å². The van der Waals surface area contributed by atoms with E-state index in [4.69, 9.17) is 14.2 Å². The van der Waals surface area contributed by atoms with Crippen LogP contribution in [-0.4, -0.2) is 136 Å². The molecule has 0 saturated carbocycles. The highest BCUT2D eigenvalue weighted by molar-refractivity contribution is 7.13. The van der Waals surface area contributed by atoms with Crippen LogP contribution in [0.4, 0.5) is 13.2 Å². The molecule has 74 heavy (non-hydrogen) atoms. The van der Waals surface area contributed by atoms with Gasteiger partial charge in [-0.2, -0.15) is 18.3 Å². The fourth-order valence-electron chi connectivity index (χ4n) is 8.55. The van der Waals surface area contributed by atoms with Gasteiger partial charge in [0.1, 0.15) is 12.1 Å². The van der Waals surface area contributed by atoms with Crippen LogP contribution in [0.15, 0.2) is 78.4 Å². The number of benzene rings is 3. The van der Waals surface area contributed by atoms with Crippen LogP contribution in [0, 0.1) is 12.3 Å². The predicted molar refractivity (Wildman–Crippen MR) is 271 cm³/mol. The van der Waals surface area contributed by atoms with Gasteiger partial charge in [0.15, 0.2) is 5.65 Å². The minimum absolute atomic E-state index is 0.00613. The first kappa shape index (κ1) is 55.0. The van der Waals surface area contributed by atoms with Crippen molar-refractivity contribution in [3.05, 3.63) is 101 Å². The highest BCUT2D eigenvalue weighted by atomic mass is 32.1. The maximum absolute atomic E-state index is 13.9. The summed E-state index contributed by atoms with van der Waals surface area (Å²) >= 11 is 1.56. The maximum Gasteiger partial charge on any atom is 0.416 e. The van der Waals surface area contributed by atoms with Gasteiger partial charge in [-0.3, -0.25) is 33.2 Å². The van der Waals surface area contributed by atoms with Crippen molar-refractivity contribution in [2.24, 2.45) is 12.5 Å². The summed E-state index contributed by atoms with van der Waals surface area (Å²) in [5.74, 6) is -1.90. The summed E-state index contributed by atoms with van der Waals surface area (Å²) in [6.45, 7) is 9.07. The van der Waals surface area contributed by atoms with Crippen molar-refractivity contribution in [1.29, 1.82) is 0 Å². The normalized spacial score (nSPS) is 15.4. The molecule has 22 heteroatoms. The summed E-state index contributed by atoms with van der Waals surface area (Å²) in [4.78, 5) is 72.5. The molecule has 0 bridgehead atoms. The fraction of sp³-hybridized carbons (Fsp3) is 0.442. The van der Waals surface area contributed by atoms with Gasteiger partial charge < -0.3 is 45.5 Å². The van der Waals surface area contributed by atoms with E-state index in [1.54, 1.807) is 78.3 Å². The lowest BCUT2D eigenvalue weighted by Gasteiger charge is -2.35. The highest BCUT2D eigenvalue weighted by Gasteiger charge is 2.44. The zero-order valence-electron chi connectivity index (χ0n) is 41.9. The predicted octanol–water partition coefficient (Wildman–Crippen LogP) is 5.45. The van der Waals surface area contributed by atoms with Crippen LogP contribution in [0.25, 0.3) is 38.1 Å². The smallest absolute Gasteiger partial charge is 0.391 e. The second-order valence-electron chi connectivity index (χ2n) is 19.0. The quantitative estimate of drug-likeness (QED) is 0.0508. The Morgan fingerprint density at radius 2 is 1.49 bits per heavy atom. The van der Waals surface area contributed by atoms with E-state index in [1.165, 1.54) is 17.0 Å². The Kier molecular flexibility index (Phi) is 18.3. The van der Waals surface area contributed by atoms with Gasteiger partial charge in [0, 0.05) is 80.7 Å². The van der Waals surface area contributed by atoms with Crippen LogP contribution in [0.1, 0.15) is 67.2 Å². The Balaban J connectivity index is 0.736. The third kappa shape index (κ3) is 14.1. The molecule has 0 unspecified atom stereocenters.